The van der Waals surface area contributed by atoms with Gasteiger partial charge in [-0.1, -0.05) is 23.4 Å². The number of thioether (sulfide) groups is 1. The Morgan fingerprint density at radius 3 is 2.75 bits per heavy atom. The summed E-state index contributed by atoms with van der Waals surface area (Å²) in [6, 6.07) is 7.39. The van der Waals surface area contributed by atoms with Crippen LogP contribution in [0.1, 0.15) is 4.88 Å². The lowest BCUT2D eigenvalue weighted by atomic mass is 10.2. The number of carbonyl (C=O) groups is 1. The number of benzene rings is 1. The number of amides is 1. The van der Waals surface area contributed by atoms with E-state index in [0.29, 0.717) is 15.3 Å². The van der Waals surface area contributed by atoms with Gasteiger partial charge in [0.05, 0.1) is 5.75 Å². The third-order valence-electron chi connectivity index (χ3n) is 3.14. The van der Waals surface area contributed by atoms with Crippen molar-refractivity contribution < 1.29 is 4.79 Å². The average Bonchev–Trinajstić information content (AvgIpc) is 3.12. The Kier molecular flexibility index (Phi) is 5.17. The molecule has 1 aromatic carbocycles. The third-order valence-corrected chi connectivity index (χ3v) is 5.24. The van der Waals surface area contributed by atoms with E-state index >= 15 is 0 Å². The number of hydrogen-bond donors (Lipinski definition) is 1. The first-order valence-corrected chi connectivity index (χ1v) is 9.21. The van der Waals surface area contributed by atoms with Crippen LogP contribution in [-0.4, -0.2) is 31.4 Å². The first-order chi connectivity index (χ1) is 11.5. The molecule has 2 heterocycles. The zero-order valence-corrected chi connectivity index (χ0v) is 15.4. The van der Waals surface area contributed by atoms with Crippen LogP contribution in [-0.2, 0) is 11.8 Å². The highest BCUT2D eigenvalue weighted by Gasteiger charge is 2.13. The number of aryl methyl sites for hydroxylation is 1. The van der Waals surface area contributed by atoms with Gasteiger partial charge < -0.3 is 9.88 Å². The van der Waals surface area contributed by atoms with Crippen LogP contribution in [0.2, 0.25) is 5.02 Å². The van der Waals surface area contributed by atoms with Crippen LogP contribution < -0.4 is 5.32 Å². The van der Waals surface area contributed by atoms with E-state index in [1.54, 1.807) is 6.20 Å². The Morgan fingerprint density at radius 2 is 2.08 bits per heavy atom. The van der Waals surface area contributed by atoms with Crippen molar-refractivity contribution in [2.45, 2.75) is 12.1 Å². The highest BCUT2D eigenvalue weighted by atomic mass is 35.5. The van der Waals surface area contributed by atoms with Crippen molar-refractivity contribution in [2.24, 2.45) is 7.05 Å². The Bertz CT molecular complexity index is 859. The second kappa shape index (κ2) is 7.33. The molecule has 0 radical (unpaired) electrons. The minimum absolute atomic E-state index is 0.120. The van der Waals surface area contributed by atoms with Gasteiger partial charge in [0.2, 0.25) is 5.91 Å². The fourth-order valence-electron chi connectivity index (χ4n) is 1.99. The number of rotatable bonds is 5. The molecule has 124 valence electrons. The summed E-state index contributed by atoms with van der Waals surface area (Å²) < 4.78 is 1.86. The molecule has 3 aromatic rings. The van der Waals surface area contributed by atoms with Crippen molar-refractivity contribution in [1.82, 2.24) is 19.7 Å². The van der Waals surface area contributed by atoms with Crippen molar-refractivity contribution in [3.05, 3.63) is 40.4 Å². The second-order valence-corrected chi connectivity index (χ2v) is 7.60. The van der Waals surface area contributed by atoms with Crippen molar-refractivity contribution in [2.75, 3.05) is 11.1 Å². The molecule has 2 aromatic heterocycles. The van der Waals surface area contributed by atoms with Gasteiger partial charge in [-0.25, -0.2) is 4.98 Å². The molecule has 6 nitrogen and oxygen atoms in total. The van der Waals surface area contributed by atoms with E-state index < -0.39 is 0 Å². The largest absolute Gasteiger partial charge is 0.305 e. The Balaban J connectivity index is 1.63. The van der Waals surface area contributed by atoms with Crippen LogP contribution in [0, 0.1) is 6.92 Å². The summed E-state index contributed by atoms with van der Waals surface area (Å²) in [5.41, 5.74) is 0.920. The van der Waals surface area contributed by atoms with Gasteiger partial charge in [0.1, 0.15) is 0 Å². The summed E-state index contributed by atoms with van der Waals surface area (Å²) in [5.74, 6) is 0.848. The molecule has 0 aliphatic heterocycles. The normalized spacial score (nSPS) is 10.8. The maximum absolute atomic E-state index is 12.0. The van der Waals surface area contributed by atoms with Crippen molar-refractivity contribution in [1.29, 1.82) is 0 Å². The number of aromatic nitrogens is 4. The van der Waals surface area contributed by atoms with E-state index in [0.717, 1.165) is 16.3 Å². The number of anilines is 1. The predicted molar refractivity (Wildman–Crippen MR) is 97.7 cm³/mol. The molecule has 3 rings (SSSR count). The van der Waals surface area contributed by atoms with Crippen LogP contribution >= 0.6 is 34.7 Å². The first-order valence-electron chi connectivity index (χ1n) is 7.03. The molecule has 0 fully saturated rings. The van der Waals surface area contributed by atoms with Gasteiger partial charge in [0.25, 0.3) is 0 Å². The molecule has 0 atom stereocenters. The highest BCUT2D eigenvalue weighted by Crippen LogP contribution is 2.24. The summed E-state index contributed by atoms with van der Waals surface area (Å²) in [6.07, 6.45) is 1.73. The van der Waals surface area contributed by atoms with Gasteiger partial charge in [0, 0.05) is 28.7 Å². The van der Waals surface area contributed by atoms with Crippen LogP contribution in [0.15, 0.2) is 35.6 Å². The monoisotopic (exact) mass is 379 g/mol. The van der Waals surface area contributed by atoms with E-state index in [4.69, 9.17) is 11.6 Å². The van der Waals surface area contributed by atoms with Crippen LogP contribution in [0.5, 0.6) is 0 Å². The Hall–Kier alpha value is -1.90. The molecule has 9 heteroatoms. The maximum Gasteiger partial charge on any atom is 0.236 e. The third kappa shape index (κ3) is 3.95. The quantitative estimate of drug-likeness (QED) is 0.685. The molecule has 24 heavy (non-hydrogen) atoms. The summed E-state index contributed by atoms with van der Waals surface area (Å²) in [5, 5.41) is 13.1. The lowest BCUT2D eigenvalue weighted by Crippen LogP contribution is -2.14. The predicted octanol–water partition coefficient (Wildman–Crippen LogP) is 3.63. The number of thiazole rings is 1. The highest BCUT2D eigenvalue weighted by molar-refractivity contribution is 7.99. The summed E-state index contributed by atoms with van der Waals surface area (Å²) in [4.78, 5) is 17.2. The standard InChI is InChI=1S/C15H14ClN5OS2/c1-9-7-17-14(24-9)18-12(22)8-23-15-20-19-13(21(15)2)10-3-5-11(16)6-4-10/h3-7H,8H2,1-2H3,(H,17,18,22). The van der Waals surface area contributed by atoms with Crippen LogP contribution in [0.25, 0.3) is 11.4 Å². The molecule has 0 aliphatic rings. The van der Waals surface area contributed by atoms with Gasteiger partial charge in [-0.05, 0) is 31.2 Å². The van der Waals surface area contributed by atoms with E-state index in [2.05, 4.69) is 20.5 Å². The van der Waals surface area contributed by atoms with E-state index in [1.807, 2.05) is 42.8 Å². The van der Waals surface area contributed by atoms with Crippen molar-refractivity contribution in [3.8, 4) is 11.4 Å². The molecule has 1 N–H and O–H groups in total. The molecule has 0 bridgehead atoms. The smallest absolute Gasteiger partial charge is 0.236 e. The summed E-state index contributed by atoms with van der Waals surface area (Å²) in [6.45, 7) is 1.94. The second-order valence-electron chi connectivity index (χ2n) is 4.99. The number of nitrogens with zero attached hydrogens (tertiary/aromatic N) is 4. The maximum atomic E-state index is 12.0. The number of hydrogen-bond acceptors (Lipinski definition) is 6. The van der Waals surface area contributed by atoms with E-state index in [-0.39, 0.29) is 11.7 Å². The van der Waals surface area contributed by atoms with Gasteiger partial charge in [0.15, 0.2) is 16.1 Å². The number of halogens is 1. The molecule has 0 aliphatic carbocycles. The number of carbonyl (C=O) groups excluding carboxylic acids is 1. The van der Waals surface area contributed by atoms with Crippen LogP contribution in [0.3, 0.4) is 0 Å². The van der Waals surface area contributed by atoms with E-state index in [1.165, 1.54) is 23.1 Å². The molecule has 0 unspecified atom stereocenters. The average molecular weight is 380 g/mol. The minimum Gasteiger partial charge on any atom is -0.305 e. The molecule has 0 saturated carbocycles. The molecular formula is C15H14ClN5OS2. The van der Waals surface area contributed by atoms with Crippen molar-refractivity contribution in [3.63, 3.8) is 0 Å². The topological polar surface area (TPSA) is 72.7 Å². The lowest BCUT2D eigenvalue weighted by Gasteiger charge is -2.04. The fraction of sp³-hybridized carbons (Fsp3) is 0.200. The Morgan fingerprint density at radius 1 is 1.33 bits per heavy atom. The number of nitrogens with one attached hydrogen (secondary N) is 1. The molecular weight excluding hydrogens is 366 g/mol. The summed E-state index contributed by atoms with van der Waals surface area (Å²) in [7, 11) is 1.87. The molecule has 0 saturated heterocycles. The van der Waals surface area contributed by atoms with Gasteiger partial charge in [-0.2, -0.15) is 0 Å². The van der Waals surface area contributed by atoms with E-state index in [9.17, 15) is 4.79 Å². The fourth-order valence-corrected chi connectivity index (χ4v) is 3.51. The zero-order chi connectivity index (χ0) is 17.1. The van der Waals surface area contributed by atoms with Gasteiger partial charge in [-0.15, -0.1) is 21.5 Å². The Labute approximate surface area is 152 Å². The lowest BCUT2D eigenvalue weighted by molar-refractivity contribution is -0.113. The van der Waals surface area contributed by atoms with Gasteiger partial charge >= 0.3 is 0 Å². The SMILES string of the molecule is Cc1cnc(NC(=O)CSc2nnc(-c3ccc(Cl)cc3)n2C)s1. The van der Waals surface area contributed by atoms with Gasteiger partial charge in [-0.3, -0.25) is 4.79 Å². The zero-order valence-electron chi connectivity index (χ0n) is 13.0. The molecule has 1 amide bonds. The van der Waals surface area contributed by atoms with Crippen molar-refractivity contribution >= 4 is 45.7 Å². The minimum atomic E-state index is -0.120. The van der Waals surface area contributed by atoms with Crippen LogP contribution in [0.4, 0.5) is 5.13 Å². The summed E-state index contributed by atoms with van der Waals surface area (Å²) >= 11 is 8.68. The first kappa shape index (κ1) is 16.9. The molecule has 0 spiro atoms.